The fourth-order valence-corrected chi connectivity index (χ4v) is 22.3. The molecule has 0 aliphatic heterocycles. The predicted octanol–water partition coefficient (Wildman–Crippen LogP) is 40.2. The van der Waals surface area contributed by atoms with Crippen LogP contribution >= 0.6 is 0 Å². The van der Waals surface area contributed by atoms with Gasteiger partial charge in [0, 0.05) is 37.7 Å². The van der Waals surface area contributed by atoms with E-state index in [2.05, 4.69) is 115 Å². The molecule has 0 N–H and O–H groups in total. The van der Waals surface area contributed by atoms with Gasteiger partial charge in [-0.3, -0.25) is 0 Å². The summed E-state index contributed by atoms with van der Waals surface area (Å²) in [5.74, 6) is 0. The Morgan fingerprint density at radius 3 is 0.909 bits per heavy atom. The quantitative estimate of drug-likeness (QED) is 0.142. The second-order valence-corrected chi connectivity index (χ2v) is 35.9. The zero-order chi connectivity index (χ0) is 116. The molecule has 0 atom stereocenters. The lowest BCUT2D eigenvalue weighted by Crippen LogP contribution is -1.94. The van der Waals surface area contributed by atoms with Gasteiger partial charge in [0.15, 0.2) is 0 Å². The minimum absolute atomic E-state index is 0.0458. The van der Waals surface area contributed by atoms with Crippen molar-refractivity contribution in [2.45, 2.75) is 0 Å². The summed E-state index contributed by atoms with van der Waals surface area (Å²) in [6.07, 6.45) is 0. The van der Waals surface area contributed by atoms with Gasteiger partial charge in [-0.2, -0.15) is 0 Å². The fraction of sp³-hybridized carbons (Fsp3) is 0. The molecule has 3 nitrogen and oxygen atoms in total. The standard InChI is InChI=1S/2C50H30O.C40H24O/c1-2-16-34-30-46-44(29-33(34)15-1)50-42(25-12-26-45(50)51-46)47-36-19-6-4-14-32(36)27-28-43(47)49-40-22-9-7-20-38(40)48(39-21-8-10-23-41(39)49)37-24-11-17-31-13-3-5-18-35(31)37;1-2-14-33-28-36(25-24-31(33)12-1)47-38-18-7-9-20-40(38)49(41-21-10-8-19-39(41)47)43-27-26-32-13-5-6-17-37(32)48(43)42-22-11-23-45-50(42)44-29-34-15-3-4-16-35(34)30-46(44)51-45;1-3-14-27-25(11-1)13-9-20-29(27)37-30-16-5-7-18-32(30)38(33-19-8-6-17-31(33)37)34-21-10-22-36-39(34)35-24-23-26-12-2-4-15-28(26)40(35)41-36/h2*1-30H;1-24H/i1D,2D,12D,15D,16D,25D,26D,29D,30D;3D,4D,11D,15D,16D,22D,23D,29D,30D;5D,6D,7D,8D,16D,17D,18D,19D. The number of hydrogen-bond acceptors (Lipinski definition) is 3. The maximum absolute atomic E-state index is 9.70. The zero-order valence-electron chi connectivity index (χ0n) is 102. The number of rotatable bonds is 8. The monoisotopic (exact) mass is 1840 g/mol. The highest BCUT2D eigenvalue weighted by Crippen LogP contribution is 2.56. The summed E-state index contributed by atoms with van der Waals surface area (Å²) in [5.41, 5.74) is 11.7. The third-order valence-corrected chi connectivity index (χ3v) is 28.3. The second-order valence-electron chi connectivity index (χ2n) is 35.9. The van der Waals surface area contributed by atoms with Gasteiger partial charge in [0.1, 0.15) is 33.5 Å². The number of hydrogen-bond donors (Lipinski definition) is 0. The van der Waals surface area contributed by atoms with Gasteiger partial charge in [0.05, 0.1) is 35.6 Å². The number of fused-ring (bicyclic) bond motifs is 24. The van der Waals surface area contributed by atoms with Crippen LogP contribution in [0.2, 0.25) is 0 Å². The average molecular weight is 1840 g/mol. The summed E-state index contributed by atoms with van der Waals surface area (Å²) in [5, 5.41) is 21.2. The Morgan fingerprint density at radius 2 is 0.455 bits per heavy atom. The molecule has 0 saturated carbocycles. The van der Waals surface area contributed by atoms with Gasteiger partial charge in [0.25, 0.3) is 0 Å². The zero-order valence-corrected chi connectivity index (χ0v) is 75.7. The van der Waals surface area contributed by atoms with Crippen molar-refractivity contribution in [3.05, 3.63) is 509 Å². The Bertz CT molecular complexity index is 12300. The summed E-state index contributed by atoms with van der Waals surface area (Å²) in [4.78, 5) is 0. The Morgan fingerprint density at radius 1 is 0.140 bits per heavy atom. The van der Waals surface area contributed by atoms with Crippen LogP contribution in [0.3, 0.4) is 0 Å². The molecule has 0 unspecified atom stereocenters. The molecule has 143 heavy (non-hydrogen) atoms. The molecular formula is C140H84O3. The molecule has 3 aromatic heterocycles. The van der Waals surface area contributed by atoms with Gasteiger partial charge in [-0.05, 0) is 289 Å². The Kier molecular flexibility index (Phi) is 13.7. The molecule has 0 aliphatic rings. The minimum Gasteiger partial charge on any atom is -0.456 e. The maximum atomic E-state index is 9.70. The fourth-order valence-electron chi connectivity index (χ4n) is 22.3. The van der Waals surface area contributed by atoms with E-state index in [1.165, 1.54) is 0 Å². The first-order chi connectivity index (χ1) is 81.8. The molecule has 0 saturated heterocycles. The van der Waals surface area contributed by atoms with Crippen LogP contribution in [-0.2, 0) is 0 Å². The second kappa shape index (κ2) is 33.0. The van der Waals surface area contributed by atoms with Crippen molar-refractivity contribution >= 4 is 217 Å². The average Bonchev–Trinajstić information content (AvgIpc) is 1.55. The van der Waals surface area contributed by atoms with Crippen LogP contribution in [0, 0.1) is 0 Å². The SMILES string of the molecule is [2H]c1c([2H])c(-c2c(-c3c4ccccc4c(-c4ccc5ccccc5c4)c4ccccc34)ccc3ccccc23)c2c(oc3c([2H])c4c([2H])c([2H])c([2H])c([2H])c4c([2H])c32)c1[2H].[2H]c1c([2H])c(-c2c(-c3c4ccccc4c(-c4cccc5ccccc45)c4ccccc34)ccc3ccccc23)c2c(oc3c([2H])c4c([2H])c([2H])c([2H])c([2H])c4c([2H])c32)c1[2H].[2H]c1c([2H])c([2H])c2c(-c3cccc4oc5c6ccccc6ccc5c34)c3c([2H])c([2H])c([2H])c([2H])c3c(-c3cccc4ccccc34)c2c1[2H]. The van der Waals surface area contributed by atoms with Gasteiger partial charge in [-0.15, -0.1) is 0 Å². The molecule has 28 aromatic carbocycles. The van der Waals surface area contributed by atoms with E-state index in [1.54, 1.807) is 6.07 Å². The summed E-state index contributed by atoms with van der Waals surface area (Å²) in [6.45, 7) is 0. The largest absolute Gasteiger partial charge is 0.456 e. The van der Waals surface area contributed by atoms with Crippen molar-refractivity contribution in [2.24, 2.45) is 0 Å². The lowest BCUT2D eigenvalue weighted by Gasteiger charge is -2.21. The minimum atomic E-state index is -0.536. The van der Waals surface area contributed by atoms with Gasteiger partial charge >= 0.3 is 0 Å². The van der Waals surface area contributed by atoms with Crippen molar-refractivity contribution in [2.75, 3.05) is 0 Å². The first-order valence-electron chi connectivity index (χ1n) is 60.2. The van der Waals surface area contributed by atoms with Crippen LogP contribution in [0.5, 0.6) is 0 Å². The van der Waals surface area contributed by atoms with Crippen LogP contribution in [0.15, 0.2) is 522 Å². The van der Waals surface area contributed by atoms with E-state index in [0.717, 1.165) is 158 Å². The van der Waals surface area contributed by atoms with Gasteiger partial charge in [-0.1, -0.05) is 454 Å². The van der Waals surface area contributed by atoms with E-state index in [1.807, 2.05) is 231 Å². The summed E-state index contributed by atoms with van der Waals surface area (Å²) >= 11 is 0. The van der Waals surface area contributed by atoms with Gasteiger partial charge in [0.2, 0.25) is 0 Å². The molecule has 31 rings (SSSR count). The number of benzene rings is 28. The third-order valence-electron chi connectivity index (χ3n) is 28.3. The molecule has 31 aromatic rings. The molecule has 662 valence electrons. The van der Waals surface area contributed by atoms with E-state index in [9.17, 15) is 13.7 Å². The van der Waals surface area contributed by atoms with Crippen LogP contribution < -0.4 is 0 Å². The highest BCUT2D eigenvalue weighted by Gasteiger charge is 2.29. The molecular weight excluding hydrogens is 1730 g/mol. The molecule has 3 heterocycles. The van der Waals surface area contributed by atoms with Crippen LogP contribution in [-0.4, -0.2) is 0 Å². The molecule has 0 aliphatic carbocycles. The van der Waals surface area contributed by atoms with E-state index in [4.69, 9.17) is 35.2 Å². The van der Waals surface area contributed by atoms with Gasteiger partial charge in [-0.25, -0.2) is 0 Å². The van der Waals surface area contributed by atoms with Crippen LogP contribution in [0.4, 0.5) is 0 Å². The lowest BCUT2D eigenvalue weighted by atomic mass is 9.81. The highest BCUT2D eigenvalue weighted by molar-refractivity contribution is 6.32. The van der Waals surface area contributed by atoms with Gasteiger partial charge < -0.3 is 13.3 Å². The first-order valence-corrected chi connectivity index (χ1v) is 47.2. The topological polar surface area (TPSA) is 39.4 Å². The lowest BCUT2D eigenvalue weighted by molar-refractivity contribution is 0.669. The third kappa shape index (κ3) is 13.0. The number of furan rings is 3. The molecule has 0 bridgehead atoms. The summed E-state index contributed by atoms with van der Waals surface area (Å²) < 4.78 is 254. The Labute approximate surface area is 859 Å². The normalized spacial score (nSPS) is 14.5. The smallest absolute Gasteiger partial charge is 0.143 e. The molecule has 3 heteroatoms. The maximum Gasteiger partial charge on any atom is 0.143 e. The van der Waals surface area contributed by atoms with Crippen molar-refractivity contribution in [3.8, 4) is 89.0 Å². The summed E-state index contributed by atoms with van der Waals surface area (Å²) in [6, 6.07) is 106. The van der Waals surface area contributed by atoms with E-state index < -0.39 is 96.7 Å². The van der Waals surface area contributed by atoms with Crippen LogP contribution in [0.25, 0.3) is 306 Å². The van der Waals surface area contributed by atoms with Crippen molar-refractivity contribution in [3.63, 3.8) is 0 Å². The first kappa shape index (κ1) is 59.4. The highest BCUT2D eigenvalue weighted by atomic mass is 16.3. The molecule has 0 radical (unpaired) electrons. The van der Waals surface area contributed by atoms with E-state index in [-0.39, 0.29) is 159 Å². The van der Waals surface area contributed by atoms with Crippen molar-refractivity contribution in [1.29, 1.82) is 0 Å². The Hall–Kier alpha value is -18.8. The molecule has 0 fully saturated rings. The molecule has 0 spiro atoms. The van der Waals surface area contributed by atoms with Crippen LogP contribution in [0.1, 0.15) is 35.6 Å². The molecule has 0 amide bonds. The van der Waals surface area contributed by atoms with Crippen molar-refractivity contribution in [1.82, 2.24) is 0 Å². The Balaban J connectivity index is 0.000000116. The predicted molar refractivity (Wildman–Crippen MR) is 610 cm³/mol. The van der Waals surface area contributed by atoms with E-state index >= 15 is 0 Å². The van der Waals surface area contributed by atoms with Crippen molar-refractivity contribution < 1.29 is 48.9 Å². The van der Waals surface area contributed by atoms with E-state index in [0.29, 0.717) is 49.9 Å². The summed E-state index contributed by atoms with van der Waals surface area (Å²) in [7, 11) is 0.